The third-order valence-corrected chi connectivity index (χ3v) is 5.41. The first kappa shape index (κ1) is 14.4. The van der Waals surface area contributed by atoms with Gasteiger partial charge in [-0.15, -0.1) is 0 Å². The van der Waals surface area contributed by atoms with Crippen molar-refractivity contribution in [1.29, 1.82) is 0 Å². The van der Waals surface area contributed by atoms with Gasteiger partial charge in [-0.1, -0.05) is 37.1 Å². The Balaban J connectivity index is 1.80. The summed E-state index contributed by atoms with van der Waals surface area (Å²) in [5, 5.41) is 22.4. The Hall–Kier alpha value is -1.55. The van der Waals surface area contributed by atoms with Crippen molar-refractivity contribution in [3.05, 3.63) is 35.4 Å². The standard InChI is InChI=1S/C17H23NO3/c19-15(20)18-11-5-10-17(21)12-13-6-1-2-7-14(13)16(17)8-3-4-9-16/h1-2,6-7,18,21H,3-5,8-12H2,(H,19,20). The highest BCUT2D eigenvalue weighted by molar-refractivity contribution is 5.64. The van der Waals surface area contributed by atoms with E-state index in [4.69, 9.17) is 5.11 Å². The second-order valence-electron chi connectivity index (χ2n) is 6.49. The summed E-state index contributed by atoms with van der Waals surface area (Å²) >= 11 is 0. The monoisotopic (exact) mass is 289 g/mol. The zero-order valence-electron chi connectivity index (χ0n) is 12.3. The molecule has 1 aromatic carbocycles. The van der Waals surface area contributed by atoms with E-state index in [1.807, 2.05) is 6.07 Å². The number of hydrogen-bond donors (Lipinski definition) is 3. The van der Waals surface area contributed by atoms with Crippen LogP contribution in [-0.4, -0.2) is 28.5 Å². The van der Waals surface area contributed by atoms with Gasteiger partial charge in [-0.05, 0) is 36.8 Å². The van der Waals surface area contributed by atoms with E-state index in [2.05, 4.69) is 23.5 Å². The van der Waals surface area contributed by atoms with Gasteiger partial charge < -0.3 is 15.5 Å². The molecule has 0 bridgehead atoms. The van der Waals surface area contributed by atoms with Crippen LogP contribution in [0.1, 0.15) is 49.7 Å². The Kier molecular flexibility index (Phi) is 3.66. The van der Waals surface area contributed by atoms with Gasteiger partial charge in [0.25, 0.3) is 0 Å². The topological polar surface area (TPSA) is 69.6 Å². The fourth-order valence-electron chi connectivity index (χ4n) is 4.49. The van der Waals surface area contributed by atoms with Crippen LogP contribution in [0.25, 0.3) is 0 Å². The molecule has 21 heavy (non-hydrogen) atoms. The zero-order chi connectivity index (χ0) is 14.9. The molecule has 114 valence electrons. The first-order valence-electron chi connectivity index (χ1n) is 7.85. The Morgan fingerprint density at radius 3 is 2.67 bits per heavy atom. The zero-order valence-corrected chi connectivity index (χ0v) is 12.3. The van der Waals surface area contributed by atoms with Crippen molar-refractivity contribution in [2.75, 3.05) is 6.54 Å². The number of nitrogens with one attached hydrogen (secondary N) is 1. The molecule has 3 N–H and O–H groups in total. The summed E-state index contributed by atoms with van der Waals surface area (Å²) < 4.78 is 0. The lowest BCUT2D eigenvalue weighted by Gasteiger charge is -2.40. The lowest BCUT2D eigenvalue weighted by molar-refractivity contribution is -0.0340. The molecule has 0 heterocycles. The molecule has 0 aliphatic heterocycles. The molecule has 0 saturated heterocycles. The van der Waals surface area contributed by atoms with Gasteiger partial charge in [-0.2, -0.15) is 0 Å². The second kappa shape index (κ2) is 5.34. The molecule has 1 amide bonds. The molecule has 1 unspecified atom stereocenters. The summed E-state index contributed by atoms with van der Waals surface area (Å²) in [5.74, 6) is 0. The van der Waals surface area contributed by atoms with Crippen LogP contribution in [0.3, 0.4) is 0 Å². The molecule has 2 aliphatic carbocycles. The van der Waals surface area contributed by atoms with E-state index in [1.54, 1.807) is 0 Å². The van der Waals surface area contributed by atoms with Gasteiger partial charge in [0.2, 0.25) is 0 Å². The third kappa shape index (κ3) is 2.31. The Bertz CT molecular complexity index is 537. The number of fused-ring (bicyclic) bond motifs is 2. The first-order chi connectivity index (χ1) is 10.1. The summed E-state index contributed by atoms with van der Waals surface area (Å²) in [5.41, 5.74) is 1.78. The van der Waals surface area contributed by atoms with Crippen molar-refractivity contribution in [1.82, 2.24) is 5.32 Å². The summed E-state index contributed by atoms with van der Waals surface area (Å²) in [6, 6.07) is 8.41. The van der Waals surface area contributed by atoms with E-state index >= 15 is 0 Å². The molecule has 0 aromatic heterocycles. The van der Waals surface area contributed by atoms with Crippen molar-refractivity contribution in [2.45, 2.75) is 56.0 Å². The maximum Gasteiger partial charge on any atom is 0.404 e. The van der Waals surface area contributed by atoms with E-state index in [1.165, 1.54) is 24.0 Å². The minimum atomic E-state index is -0.993. The van der Waals surface area contributed by atoms with Crippen molar-refractivity contribution >= 4 is 6.09 Å². The van der Waals surface area contributed by atoms with Crippen molar-refractivity contribution in [3.63, 3.8) is 0 Å². The minimum absolute atomic E-state index is 0.104. The van der Waals surface area contributed by atoms with Crippen molar-refractivity contribution in [3.8, 4) is 0 Å². The Morgan fingerprint density at radius 1 is 1.24 bits per heavy atom. The van der Waals surface area contributed by atoms with Gasteiger partial charge >= 0.3 is 6.09 Å². The summed E-state index contributed by atoms with van der Waals surface area (Å²) in [6.07, 6.45) is 5.48. The molecular weight excluding hydrogens is 266 g/mol. The molecular formula is C17H23NO3. The molecule has 2 aliphatic rings. The van der Waals surface area contributed by atoms with E-state index in [0.29, 0.717) is 25.8 Å². The Morgan fingerprint density at radius 2 is 1.95 bits per heavy atom. The summed E-state index contributed by atoms with van der Waals surface area (Å²) in [7, 11) is 0. The largest absolute Gasteiger partial charge is 0.465 e. The number of carboxylic acid groups (broad SMARTS) is 1. The second-order valence-corrected chi connectivity index (χ2v) is 6.49. The molecule has 1 spiro atoms. The maximum absolute atomic E-state index is 11.4. The maximum atomic E-state index is 11.4. The van der Waals surface area contributed by atoms with Crippen LogP contribution < -0.4 is 5.32 Å². The Labute approximate surface area is 125 Å². The molecule has 4 nitrogen and oxygen atoms in total. The van der Waals surface area contributed by atoms with E-state index in [-0.39, 0.29) is 5.41 Å². The number of carbonyl (C=O) groups is 1. The van der Waals surface area contributed by atoms with E-state index < -0.39 is 11.7 Å². The number of hydrogen-bond acceptors (Lipinski definition) is 2. The molecule has 1 aromatic rings. The molecule has 0 radical (unpaired) electrons. The van der Waals surface area contributed by atoms with Crippen LogP contribution in [-0.2, 0) is 11.8 Å². The van der Waals surface area contributed by atoms with Gasteiger partial charge in [-0.3, -0.25) is 0 Å². The molecule has 3 rings (SSSR count). The quantitative estimate of drug-likeness (QED) is 0.746. The van der Waals surface area contributed by atoms with Crippen LogP contribution in [0.15, 0.2) is 24.3 Å². The minimum Gasteiger partial charge on any atom is -0.465 e. The van der Waals surface area contributed by atoms with Crippen LogP contribution in [0.4, 0.5) is 4.79 Å². The highest BCUT2D eigenvalue weighted by atomic mass is 16.4. The normalized spacial score (nSPS) is 26.0. The smallest absolute Gasteiger partial charge is 0.404 e. The third-order valence-electron chi connectivity index (χ3n) is 5.41. The predicted molar refractivity (Wildman–Crippen MR) is 80.5 cm³/mol. The van der Waals surface area contributed by atoms with Crippen LogP contribution in [0.2, 0.25) is 0 Å². The predicted octanol–water partition coefficient (Wildman–Crippen LogP) is 2.83. The van der Waals surface area contributed by atoms with Crippen LogP contribution >= 0.6 is 0 Å². The van der Waals surface area contributed by atoms with Crippen molar-refractivity contribution in [2.24, 2.45) is 0 Å². The van der Waals surface area contributed by atoms with Gasteiger partial charge in [0.1, 0.15) is 0 Å². The fraction of sp³-hybridized carbons (Fsp3) is 0.588. The number of rotatable bonds is 4. The van der Waals surface area contributed by atoms with E-state index in [0.717, 1.165) is 12.8 Å². The number of aliphatic hydroxyl groups is 1. The van der Waals surface area contributed by atoms with Gasteiger partial charge in [0.15, 0.2) is 0 Å². The lowest BCUT2D eigenvalue weighted by Crippen LogP contribution is -2.47. The molecule has 1 fully saturated rings. The van der Waals surface area contributed by atoms with E-state index in [9.17, 15) is 9.90 Å². The van der Waals surface area contributed by atoms with Gasteiger partial charge in [0.05, 0.1) is 5.60 Å². The number of benzene rings is 1. The average Bonchev–Trinajstić information content (AvgIpc) is 3.03. The molecule has 4 heteroatoms. The first-order valence-corrected chi connectivity index (χ1v) is 7.85. The summed E-state index contributed by atoms with van der Waals surface area (Å²) in [4.78, 5) is 10.5. The fourth-order valence-corrected chi connectivity index (χ4v) is 4.49. The van der Waals surface area contributed by atoms with Gasteiger partial charge in [0, 0.05) is 18.4 Å². The van der Waals surface area contributed by atoms with Crippen molar-refractivity contribution < 1.29 is 15.0 Å². The van der Waals surface area contributed by atoms with Crippen LogP contribution in [0.5, 0.6) is 0 Å². The van der Waals surface area contributed by atoms with Gasteiger partial charge in [-0.25, -0.2) is 4.79 Å². The summed E-state index contributed by atoms with van der Waals surface area (Å²) in [6.45, 7) is 0.407. The highest BCUT2D eigenvalue weighted by Gasteiger charge is 2.56. The molecule has 1 saturated carbocycles. The average molecular weight is 289 g/mol. The lowest BCUT2D eigenvalue weighted by atomic mass is 9.68. The molecule has 1 atom stereocenters. The van der Waals surface area contributed by atoms with Crippen LogP contribution in [0, 0.1) is 0 Å². The number of amides is 1. The highest BCUT2D eigenvalue weighted by Crippen LogP contribution is 2.56. The SMILES string of the molecule is O=C(O)NCCCC1(O)Cc2ccccc2C12CCCC2.